The normalized spacial score (nSPS) is 33.1. The quantitative estimate of drug-likeness (QED) is 0.718. The summed E-state index contributed by atoms with van der Waals surface area (Å²) in [6.45, 7) is 3.09. The smallest absolute Gasteiger partial charge is 0.226 e. The second kappa shape index (κ2) is 3.89. The van der Waals surface area contributed by atoms with E-state index in [-0.39, 0.29) is 18.6 Å². The lowest BCUT2D eigenvalue weighted by Crippen LogP contribution is -2.44. The van der Waals surface area contributed by atoms with Crippen LogP contribution in [0.3, 0.4) is 0 Å². The second-order valence-electron chi connectivity index (χ2n) is 4.68. The fourth-order valence-electron chi connectivity index (χ4n) is 2.45. The molecule has 80 valence electrons. The molecular weight excluding hydrogens is 178 g/mol. The molecule has 0 aromatic heterocycles. The Balaban J connectivity index is 1.98. The molecule has 0 spiro atoms. The predicted molar refractivity (Wildman–Crippen MR) is 53.7 cm³/mol. The van der Waals surface area contributed by atoms with Crippen molar-refractivity contribution in [1.29, 1.82) is 0 Å². The first-order valence-electron chi connectivity index (χ1n) is 5.65. The van der Waals surface area contributed by atoms with Crippen LogP contribution in [0.5, 0.6) is 0 Å². The van der Waals surface area contributed by atoms with Gasteiger partial charge in [0.1, 0.15) is 0 Å². The Labute approximate surface area is 85.1 Å². The summed E-state index contributed by atoms with van der Waals surface area (Å²) in [6.07, 6.45) is 4.36. The first-order valence-corrected chi connectivity index (χ1v) is 5.65. The van der Waals surface area contributed by atoms with Crippen molar-refractivity contribution >= 4 is 5.91 Å². The van der Waals surface area contributed by atoms with Crippen molar-refractivity contribution in [2.24, 2.45) is 11.8 Å². The van der Waals surface area contributed by atoms with Gasteiger partial charge in [-0.05, 0) is 25.2 Å². The Kier molecular flexibility index (Phi) is 2.77. The number of likely N-dealkylation sites (tertiary alicyclic amines) is 1. The van der Waals surface area contributed by atoms with Crippen LogP contribution in [-0.4, -0.2) is 35.1 Å². The summed E-state index contributed by atoms with van der Waals surface area (Å²) in [7, 11) is 0. The topological polar surface area (TPSA) is 40.5 Å². The average Bonchev–Trinajstić information content (AvgIpc) is 2.43. The minimum Gasteiger partial charge on any atom is -0.394 e. The van der Waals surface area contributed by atoms with E-state index in [1.54, 1.807) is 0 Å². The van der Waals surface area contributed by atoms with Crippen molar-refractivity contribution in [3.8, 4) is 0 Å². The fourth-order valence-corrected chi connectivity index (χ4v) is 2.45. The van der Waals surface area contributed by atoms with Gasteiger partial charge in [-0.3, -0.25) is 4.79 Å². The molecule has 3 nitrogen and oxygen atoms in total. The van der Waals surface area contributed by atoms with Crippen LogP contribution in [0.15, 0.2) is 0 Å². The third-order valence-corrected chi connectivity index (χ3v) is 3.81. The van der Waals surface area contributed by atoms with Crippen LogP contribution in [0, 0.1) is 11.8 Å². The van der Waals surface area contributed by atoms with Crippen molar-refractivity contribution in [3.63, 3.8) is 0 Å². The van der Waals surface area contributed by atoms with E-state index in [2.05, 4.69) is 6.92 Å². The monoisotopic (exact) mass is 197 g/mol. The minimum absolute atomic E-state index is 0.0862. The molecule has 0 radical (unpaired) electrons. The standard InChI is InChI=1S/C11H19NO2/c1-8-5-6-12(10(8)7-13)11(14)9-3-2-4-9/h8-10,13H,2-7H2,1H3. The van der Waals surface area contributed by atoms with Gasteiger partial charge < -0.3 is 10.0 Å². The molecule has 2 rings (SSSR count). The van der Waals surface area contributed by atoms with Gasteiger partial charge >= 0.3 is 0 Å². The molecule has 0 aromatic carbocycles. The van der Waals surface area contributed by atoms with Crippen LogP contribution in [0.2, 0.25) is 0 Å². The molecular formula is C11H19NO2. The largest absolute Gasteiger partial charge is 0.394 e. The van der Waals surface area contributed by atoms with E-state index < -0.39 is 0 Å². The van der Waals surface area contributed by atoms with E-state index >= 15 is 0 Å². The molecule has 2 atom stereocenters. The van der Waals surface area contributed by atoms with E-state index in [9.17, 15) is 9.90 Å². The molecule has 1 amide bonds. The number of nitrogens with zero attached hydrogens (tertiary/aromatic N) is 1. The highest BCUT2D eigenvalue weighted by atomic mass is 16.3. The van der Waals surface area contributed by atoms with Crippen LogP contribution in [0.1, 0.15) is 32.6 Å². The maximum Gasteiger partial charge on any atom is 0.226 e. The van der Waals surface area contributed by atoms with E-state index in [4.69, 9.17) is 0 Å². The van der Waals surface area contributed by atoms with Gasteiger partial charge in [0.05, 0.1) is 12.6 Å². The fraction of sp³-hybridized carbons (Fsp3) is 0.909. The number of hydrogen-bond donors (Lipinski definition) is 1. The molecule has 1 saturated carbocycles. The van der Waals surface area contributed by atoms with Gasteiger partial charge in [-0.2, -0.15) is 0 Å². The zero-order valence-electron chi connectivity index (χ0n) is 8.78. The van der Waals surface area contributed by atoms with Crippen LogP contribution >= 0.6 is 0 Å². The molecule has 1 N–H and O–H groups in total. The number of rotatable bonds is 2. The number of amides is 1. The number of aliphatic hydroxyl groups is 1. The summed E-state index contributed by atoms with van der Waals surface area (Å²) in [4.78, 5) is 13.9. The predicted octanol–water partition coefficient (Wildman–Crippen LogP) is 1.02. The van der Waals surface area contributed by atoms with Crippen molar-refractivity contribution in [2.75, 3.05) is 13.2 Å². The lowest BCUT2D eigenvalue weighted by molar-refractivity contribution is -0.140. The van der Waals surface area contributed by atoms with Gasteiger partial charge in [0.25, 0.3) is 0 Å². The number of hydrogen-bond acceptors (Lipinski definition) is 2. The highest BCUT2D eigenvalue weighted by Gasteiger charge is 2.38. The first-order chi connectivity index (χ1) is 6.74. The van der Waals surface area contributed by atoms with Gasteiger partial charge in [0, 0.05) is 12.5 Å². The van der Waals surface area contributed by atoms with Crippen LogP contribution in [-0.2, 0) is 4.79 Å². The Morgan fingerprint density at radius 1 is 1.43 bits per heavy atom. The molecule has 1 aliphatic heterocycles. The molecule has 0 bridgehead atoms. The maximum atomic E-state index is 12.0. The highest BCUT2D eigenvalue weighted by molar-refractivity contribution is 5.80. The Morgan fingerprint density at radius 2 is 2.14 bits per heavy atom. The van der Waals surface area contributed by atoms with Crippen LogP contribution in [0.25, 0.3) is 0 Å². The van der Waals surface area contributed by atoms with Crippen molar-refractivity contribution in [1.82, 2.24) is 4.90 Å². The minimum atomic E-state index is 0.0862. The number of carbonyl (C=O) groups excluding carboxylic acids is 1. The highest BCUT2D eigenvalue weighted by Crippen LogP contribution is 2.32. The van der Waals surface area contributed by atoms with E-state index in [0.717, 1.165) is 25.8 Å². The first kappa shape index (κ1) is 9.97. The Bertz CT molecular complexity index is 225. The summed E-state index contributed by atoms with van der Waals surface area (Å²) in [5.74, 6) is 1.03. The van der Waals surface area contributed by atoms with E-state index in [1.807, 2.05) is 4.90 Å². The van der Waals surface area contributed by atoms with E-state index in [0.29, 0.717) is 11.8 Å². The number of aliphatic hydroxyl groups excluding tert-OH is 1. The van der Waals surface area contributed by atoms with Crippen LogP contribution in [0.4, 0.5) is 0 Å². The molecule has 1 saturated heterocycles. The molecule has 1 aliphatic carbocycles. The lowest BCUT2D eigenvalue weighted by Gasteiger charge is -2.33. The van der Waals surface area contributed by atoms with Crippen molar-refractivity contribution < 1.29 is 9.90 Å². The zero-order chi connectivity index (χ0) is 10.1. The third-order valence-electron chi connectivity index (χ3n) is 3.81. The molecule has 0 aromatic rings. The summed E-state index contributed by atoms with van der Waals surface area (Å²) >= 11 is 0. The molecule has 3 heteroatoms. The van der Waals surface area contributed by atoms with Gasteiger partial charge in [-0.15, -0.1) is 0 Å². The molecule has 2 unspecified atom stereocenters. The SMILES string of the molecule is CC1CCN(C(=O)C2CCC2)C1CO. The second-order valence-corrected chi connectivity index (χ2v) is 4.68. The van der Waals surface area contributed by atoms with Crippen molar-refractivity contribution in [3.05, 3.63) is 0 Å². The van der Waals surface area contributed by atoms with Gasteiger partial charge in [-0.1, -0.05) is 13.3 Å². The molecule has 1 heterocycles. The summed E-state index contributed by atoms with van der Waals surface area (Å²) in [5, 5.41) is 9.23. The third kappa shape index (κ3) is 1.54. The summed E-state index contributed by atoms with van der Waals surface area (Å²) in [6, 6.07) is 0.0862. The molecule has 2 fully saturated rings. The van der Waals surface area contributed by atoms with E-state index in [1.165, 1.54) is 6.42 Å². The van der Waals surface area contributed by atoms with Gasteiger partial charge in [0.2, 0.25) is 5.91 Å². The van der Waals surface area contributed by atoms with Crippen molar-refractivity contribution in [2.45, 2.75) is 38.6 Å². The summed E-state index contributed by atoms with van der Waals surface area (Å²) < 4.78 is 0. The maximum absolute atomic E-state index is 12.0. The van der Waals surface area contributed by atoms with Crippen LogP contribution < -0.4 is 0 Å². The van der Waals surface area contributed by atoms with Gasteiger partial charge in [0.15, 0.2) is 0 Å². The molecule has 2 aliphatic rings. The average molecular weight is 197 g/mol. The lowest BCUT2D eigenvalue weighted by atomic mass is 9.84. The Morgan fingerprint density at radius 3 is 2.64 bits per heavy atom. The number of carbonyl (C=O) groups is 1. The summed E-state index contributed by atoms with van der Waals surface area (Å²) in [5.41, 5.74) is 0. The Hall–Kier alpha value is -0.570. The zero-order valence-corrected chi connectivity index (χ0v) is 8.78. The van der Waals surface area contributed by atoms with Gasteiger partial charge in [-0.25, -0.2) is 0 Å². The molecule has 14 heavy (non-hydrogen) atoms.